The molecule has 1 nitrogen and oxygen atoms in total. The highest BCUT2D eigenvalue weighted by Crippen LogP contribution is 1.98. The van der Waals surface area contributed by atoms with Crippen molar-refractivity contribution in [3.8, 4) is 0 Å². The van der Waals surface area contributed by atoms with E-state index in [0.717, 1.165) is 5.75 Å². The Morgan fingerprint density at radius 2 is 2.12 bits per heavy atom. The third kappa shape index (κ3) is 4.47. The lowest BCUT2D eigenvalue weighted by Gasteiger charge is -2.09. The molecular weight excluding hydrogens is 120 g/mol. The third-order valence-electron chi connectivity index (χ3n) is 0.747. The molecule has 1 atom stereocenters. The van der Waals surface area contributed by atoms with Crippen molar-refractivity contribution in [2.24, 2.45) is 5.92 Å². The van der Waals surface area contributed by atoms with Crippen LogP contribution in [0.2, 0.25) is 0 Å². The quantitative estimate of drug-likeness (QED) is 0.531. The molecule has 0 aliphatic heterocycles. The van der Waals surface area contributed by atoms with Crippen LogP contribution in [-0.2, 0) is 11.2 Å². The molecule has 0 N–H and O–H groups in total. The smallest absolute Gasteiger partial charge is 0.107 e. The molecule has 0 saturated heterocycles. The van der Waals surface area contributed by atoms with Gasteiger partial charge in [-0.05, 0) is 12.8 Å². The zero-order valence-electron chi connectivity index (χ0n) is 5.52. The second-order valence-corrected chi connectivity index (χ2v) is 3.83. The lowest BCUT2D eigenvalue weighted by Crippen LogP contribution is -2.13. The molecule has 0 heterocycles. The maximum atomic E-state index is 10.7. The van der Waals surface area contributed by atoms with E-state index in [-0.39, 0.29) is 0 Å². The fourth-order valence-corrected chi connectivity index (χ4v) is 1.37. The molecule has 0 rings (SSSR count). The van der Waals surface area contributed by atoms with E-state index < -0.39 is 11.2 Å². The standard InChI is InChI=1S/C6H13OS/c1-4-8(7)5-6(2)3/h6H,1,4-5H2,2-3H3. The van der Waals surface area contributed by atoms with E-state index in [1.165, 1.54) is 0 Å². The predicted octanol–water partition coefficient (Wildman–Crippen LogP) is 1.23. The molecule has 0 fully saturated rings. The Labute approximate surface area is 54.7 Å². The Balaban J connectivity index is 3.10. The summed E-state index contributed by atoms with van der Waals surface area (Å²) in [5.74, 6) is 1.89. The molecule has 0 bridgehead atoms. The molecule has 1 radical (unpaired) electrons. The summed E-state index contributed by atoms with van der Waals surface area (Å²) in [7, 11) is 0. The molecule has 0 saturated carbocycles. The predicted molar refractivity (Wildman–Crippen MR) is 38.1 cm³/mol. The topological polar surface area (TPSA) is 23.1 Å². The van der Waals surface area contributed by atoms with Crippen LogP contribution in [0, 0.1) is 12.8 Å². The minimum Gasteiger partial charge on any atom is -0.616 e. The molecule has 0 amide bonds. The Kier molecular flexibility index (Phi) is 4.38. The van der Waals surface area contributed by atoms with Crippen molar-refractivity contribution in [3.05, 3.63) is 6.92 Å². The van der Waals surface area contributed by atoms with E-state index in [1.54, 1.807) is 0 Å². The zero-order chi connectivity index (χ0) is 6.57. The van der Waals surface area contributed by atoms with Gasteiger partial charge in [0.2, 0.25) is 0 Å². The van der Waals surface area contributed by atoms with Crippen LogP contribution in [0.3, 0.4) is 0 Å². The molecule has 8 heavy (non-hydrogen) atoms. The molecule has 1 unspecified atom stereocenters. The number of hydrogen-bond donors (Lipinski definition) is 0. The zero-order valence-corrected chi connectivity index (χ0v) is 6.33. The average Bonchev–Trinajstić information content (AvgIpc) is 1.65. The van der Waals surface area contributed by atoms with E-state index in [1.807, 2.05) is 0 Å². The van der Waals surface area contributed by atoms with Crippen molar-refractivity contribution in [2.75, 3.05) is 11.5 Å². The summed E-state index contributed by atoms with van der Waals surface area (Å²) < 4.78 is 10.7. The lowest BCUT2D eigenvalue weighted by molar-refractivity contribution is 0.584. The summed E-state index contributed by atoms with van der Waals surface area (Å²) in [5, 5.41) is 0. The molecule has 0 aliphatic rings. The van der Waals surface area contributed by atoms with Gasteiger partial charge in [-0.1, -0.05) is 25.0 Å². The highest BCUT2D eigenvalue weighted by atomic mass is 32.2. The van der Waals surface area contributed by atoms with Crippen molar-refractivity contribution in [3.63, 3.8) is 0 Å². The van der Waals surface area contributed by atoms with Crippen LogP contribution in [0.25, 0.3) is 0 Å². The summed E-state index contributed by atoms with van der Waals surface area (Å²) in [6, 6.07) is 0. The Hall–Kier alpha value is 0.310. The van der Waals surface area contributed by atoms with Gasteiger partial charge in [0.05, 0.1) is 0 Å². The Morgan fingerprint density at radius 1 is 1.62 bits per heavy atom. The van der Waals surface area contributed by atoms with Crippen molar-refractivity contribution in [1.29, 1.82) is 0 Å². The molecule has 0 aromatic carbocycles. The highest BCUT2D eigenvalue weighted by Gasteiger charge is 2.03. The molecule has 49 valence electrons. The van der Waals surface area contributed by atoms with Crippen LogP contribution >= 0.6 is 0 Å². The van der Waals surface area contributed by atoms with Gasteiger partial charge < -0.3 is 4.55 Å². The molecule has 0 aromatic heterocycles. The van der Waals surface area contributed by atoms with Crippen molar-refractivity contribution >= 4 is 11.2 Å². The van der Waals surface area contributed by atoms with E-state index in [4.69, 9.17) is 0 Å². The fraction of sp³-hybridized carbons (Fsp3) is 0.833. The van der Waals surface area contributed by atoms with E-state index >= 15 is 0 Å². The SMILES string of the molecule is [CH2]C[S+]([O-])CC(C)C. The highest BCUT2D eigenvalue weighted by molar-refractivity contribution is 7.91. The van der Waals surface area contributed by atoms with Gasteiger partial charge in [-0.15, -0.1) is 0 Å². The van der Waals surface area contributed by atoms with Gasteiger partial charge in [0.25, 0.3) is 0 Å². The summed E-state index contributed by atoms with van der Waals surface area (Å²) in [5.41, 5.74) is 0. The van der Waals surface area contributed by atoms with E-state index in [2.05, 4.69) is 20.8 Å². The van der Waals surface area contributed by atoms with E-state index in [0.29, 0.717) is 11.7 Å². The number of rotatable bonds is 3. The van der Waals surface area contributed by atoms with Crippen LogP contribution in [0.5, 0.6) is 0 Å². The van der Waals surface area contributed by atoms with Crippen LogP contribution in [-0.4, -0.2) is 16.1 Å². The normalized spacial score (nSPS) is 14.6. The van der Waals surface area contributed by atoms with Gasteiger partial charge in [0.1, 0.15) is 11.5 Å². The first kappa shape index (κ1) is 8.31. The van der Waals surface area contributed by atoms with Gasteiger partial charge in [-0.25, -0.2) is 0 Å². The maximum absolute atomic E-state index is 10.7. The van der Waals surface area contributed by atoms with Gasteiger partial charge in [-0.3, -0.25) is 0 Å². The average molecular weight is 133 g/mol. The monoisotopic (exact) mass is 133 g/mol. The van der Waals surface area contributed by atoms with Crippen LogP contribution in [0.15, 0.2) is 0 Å². The lowest BCUT2D eigenvalue weighted by atomic mass is 10.3. The number of hydrogen-bond acceptors (Lipinski definition) is 1. The van der Waals surface area contributed by atoms with Crippen molar-refractivity contribution < 1.29 is 4.55 Å². The minimum absolute atomic E-state index is 0.539. The second kappa shape index (κ2) is 4.21. The first-order valence-electron chi connectivity index (χ1n) is 2.81. The van der Waals surface area contributed by atoms with Gasteiger partial charge in [0, 0.05) is 0 Å². The van der Waals surface area contributed by atoms with Crippen molar-refractivity contribution in [2.45, 2.75) is 13.8 Å². The largest absolute Gasteiger partial charge is 0.616 e. The summed E-state index contributed by atoms with van der Waals surface area (Å²) in [4.78, 5) is 0. The second-order valence-electron chi connectivity index (χ2n) is 2.20. The summed E-state index contributed by atoms with van der Waals surface area (Å²) >= 11 is -0.668. The van der Waals surface area contributed by atoms with Gasteiger partial charge in [-0.2, -0.15) is 0 Å². The van der Waals surface area contributed by atoms with Crippen LogP contribution in [0.4, 0.5) is 0 Å². The van der Waals surface area contributed by atoms with E-state index in [9.17, 15) is 4.55 Å². The fourth-order valence-electron chi connectivity index (χ4n) is 0.455. The molecule has 0 aromatic rings. The Morgan fingerprint density at radius 3 is 2.25 bits per heavy atom. The van der Waals surface area contributed by atoms with Gasteiger partial charge in [0.15, 0.2) is 0 Å². The first-order valence-corrected chi connectivity index (χ1v) is 4.29. The molecular formula is C6H13OS. The minimum atomic E-state index is -0.668. The Bertz CT molecular complexity index is 54.5. The molecule has 0 aliphatic carbocycles. The van der Waals surface area contributed by atoms with Gasteiger partial charge >= 0.3 is 0 Å². The summed E-state index contributed by atoms with van der Waals surface area (Å²) in [6.07, 6.45) is 0. The molecule has 2 heteroatoms. The maximum Gasteiger partial charge on any atom is 0.107 e. The molecule has 0 spiro atoms. The van der Waals surface area contributed by atoms with Crippen LogP contribution in [0.1, 0.15) is 13.8 Å². The van der Waals surface area contributed by atoms with Crippen LogP contribution < -0.4 is 0 Å². The first-order chi connectivity index (χ1) is 3.66. The van der Waals surface area contributed by atoms with Crippen molar-refractivity contribution in [1.82, 2.24) is 0 Å². The third-order valence-corrected chi connectivity index (χ3v) is 2.24. The summed E-state index contributed by atoms with van der Waals surface area (Å²) in [6.45, 7) is 7.66.